The van der Waals surface area contributed by atoms with Crippen LogP contribution >= 0.6 is 11.8 Å². The number of carboxylic acid groups (broad SMARTS) is 1. The summed E-state index contributed by atoms with van der Waals surface area (Å²) >= 11 is 1.61. The Morgan fingerprint density at radius 2 is 2.06 bits per heavy atom. The highest BCUT2D eigenvalue weighted by Crippen LogP contribution is 2.23. The second kappa shape index (κ2) is 12.9. The van der Waals surface area contributed by atoms with Crippen molar-refractivity contribution < 1.29 is 9.90 Å². The molecule has 2 aromatic rings. The zero-order valence-corrected chi connectivity index (χ0v) is 20.9. The monoisotopic (exact) mass is 496 g/mol. The van der Waals surface area contributed by atoms with Crippen LogP contribution in [0, 0.1) is 0 Å². The molecule has 0 unspecified atom stereocenters. The topological polar surface area (TPSA) is 122 Å². The zero-order chi connectivity index (χ0) is 25.2. The van der Waals surface area contributed by atoms with E-state index in [2.05, 4.69) is 32.3 Å². The Hall–Kier alpha value is -3.40. The first-order valence-electron chi connectivity index (χ1n) is 11.6. The molecule has 0 aromatic carbocycles. The summed E-state index contributed by atoms with van der Waals surface area (Å²) in [5.41, 5.74) is 1.42. The summed E-state index contributed by atoms with van der Waals surface area (Å²) in [5.74, 6) is 0.459. The van der Waals surface area contributed by atoms with Crippen LogP contribution in [-0.4, -0.2) is 50.7 Å². The number of carboxylic acids is 1. The molecule has 2 heterocycles. The van der Waals surface area contributed by atoms with Crippen LogP contribution in [0.4, 0.5) is 5.95 Å². The predicted octanol–water partition coefficient (Wildman–Crippen LogP) is 3.79. The smallest absolute Gasteiger partial charge is 0.303 e. The third-order valence-electron chi connectivity index (χ3n) is 5.85. The summed E-state index contributed by atoms with van der Waals surface area (Å²) in [5, 5.41) is 15.6. The second-order valence-corrected chi connectivity index (χ2v) is 9.33. The summed E-state index contributed by atoms with van der Waals surface area (Å²) in [6, 6.07) is 3.93. The number of aryl methyl sites for hydroxylation is 1. The number of carbonyl (C=O) groups is 1. The van der Waals surface area contributed by atoms with Gasteiger partial charge in [-0.3, -0.25) is 14.2 Å². The fourth-order valence-electron chi connectivity index (χ4n) is 3.97. The van der Waals surface area contributed by atoms with Gasteiger partial charge in [0.2, 0.25) is 5.95 Å². The van der Waals surface area contributed by atoms with Gasteiger partial charge in [0, 0.05) is 53.8 Å². The molecule has 2 aromatic heterocycles. The molecule has 0 saturated heterocycles. The van der Waals surface area contributed by atoms with E-state index in [1.165, 1.54) is 0 Å². The van der Waals surface area contributed by atoms with E-state index in [-0.39, 0.29) is 24.1 Å². The van der Waals surface area contributed by atoms with Gasteiger partial charge in [0.15, 0.2) is 0 Å². The van der Waals surface area contributed by atoms with Crippen LogP contribution < -0.4 is 16.2 Å². The average Bonchev–Trinajstić information content (AvgIpc) is 3.28. The first-order valence-corrected chi connectivity index (χ1v) is 12.8. The summed E-state index contributed by atoms with van der Waals surface area (Å²) in [4.78, 5) is 37.0. The molecular formula is C25H32N6O3S. The first-order chi connectivity index (χ1) is 16.9. The number of hydrogen-bond acceptors (Lipinski definition) is 8. The molecule has 1 aliphatic rings. The normalized spacial score (nSPS) is 18.3. The van der Waals surface area contributed by atoms with Gasteiger partial charge in [0.25, 0.3) is 5.56 Å². The Morgan fingerprint density at radius 3 is 2.71 bits per heavy atom. The van der Waals surface area contributed by atoms with Crippen LogP contribution in [0.5, 0.6) is 0 Å². The number of rotatable bonds is 12. The number of nitrogens with zero attached hydrogens (tertiary/aromatic N) is 4. The van der Waals surface area contributed by atoms with E-state index >= 15 is 0 Å². The number of pyridine rings is 1. The third-order valence-corrected chi connectivity index (χ3v) is 6.54. The molecule has 2 atom stereocenters. The van der Waals surface area contributed by atoms with Crippen molar-refractivity contribution in [3.8, 4) is 0 Å². The minimum atomic E-state index is -0.830. The molecule has 3 N–H and O–H groups in total. The Labute approximate surface area is 209 Å². The summed E-state index contributed by atoms with van der Waals surface area (Å²) in [6.07, 6.45) is 15.0. The lowest BCUT2D eigenvalue weighted by molar-refractivity contribution is -0.137. The van der Waals surface area contributed by atoms with Crippen molar-refractivity contribution >= 4 is 36.1 Å². The van der Waals surface area contributed by atoms with Gasteiger partial charge < -0.3 is 15.7 Å². The standard InChI is InChI=1S/C25H32N6O3S/c1-17(31-12-11-18(13-23(31)32)5-4-6-24(33)34)7-10-22(26-2)29-19-8-9-20(14-19)30-25-27-15-21(35-3)16-28-25/h7,10-13,15-16,19-20,29H,2,4-6,8-9,14H2,1,3H3,(H,33,34)(H,27,28,30)/b17-7+,22-10+/t19-,20-/m0/s1. The maximum Gasteiger partial charge on any atom is 0.303 e. The van der Waals surface area contributed by atoms with Crippen LogP contribution in [0.2, 0.25) is 0 Å². The largest absolute Gasteiger partial charge is 0.481 e. The molecule has 0 aliphatic heterocycles. The van der Waals surface area contributed by atoms with Crippen molar-refractivity contribution in [2.24, 2.45) is 4.99 Å². The summed E-state index contributed by atoms with van der Waals surface area (Å²) < 4.78 is 1.55. The third kappa shape index (κ3) is 8.10. The molecular weight excluding hydrogens is 464 g/mol. The van der Waals surface area contributed by atoms with Gasteiger partial charge in [-0.1, -0.05) is 0 Å². The summed E-state index contributed by atoms with van der Waals surface area (Å²) in [6.45, 7) is 5.52. The summed E-state index contributed by atoms with van der Waals surface area (Å²) in [7, 11) is 0. The number of aliphatic carboxylic acids is 1. The van der Waals surface area contributed by atoms with Crippen molar-refractivity contribution in [3.63, 3.8) is 0 Å². The molecule has 0 bridgehead atoms. The number of aliphatic imine (C=N–C) groups is 1. The Morgan fingerprint density at radius 1 is 1.31 bits per heavy atom. The molecule has 186 valence electrons. The van der Waals surface area contributed by atoms with Crippen molar-refractivity contribution in [2.75, 3.05) is 11.6 Å². The fourth-order valence-corrected chi connectivity index (χ4v) is 4.28. The number of anilines is 1. The average molecular weight is 497 g/mol. The van der Waals surface area contributed by atoms with Gasteiger partial charge in [0.1, 0.15) is 5.82 Å². The molecule has 0 spiro atoms. The Balaban J connectivity index is 1.56. The number of nitrogens with one attached hydrogen (secondary N) is 2. The molecule has 10 heteroatoms. The van der Waals surface area contributed by atoms with E-state index in [9.17, 15) is 9.59 Å². The lowest BCUT2D eigenvalue weighted by Gasteiger charge is -2.15. The number of hydrogen-bond donors (Lipinski definition) is 3. The van der Waals surface area contributed by atoms with Crippen molar-refractivity contribution in [3.05, 3.63) is 64.6 Å². The van der Waals surface area contributed by atoms with Gasteiger partial charge in [-0.05, 0) is 75.8 Å². The lowest BCUT2D eigenvalue weighted by atomic mass is 10.1. The van der Waals surface area contributed by atoms with Crippen LogP contribution in [0.3, 0.4) is 0 Å². The van der Waals surface area contributed by atoms with Gasteiger partial charge in [-0.15, -0.1) is 11.8 Å². The van der Waals surface area contributed by atoms with Crippen molar-refractivity contribution in [2.45, 2.75) is 62.4 Å². The van der Waals surface area contributed by atoms with Gasteiger partial charge in [-0.25, -0.2) is 15.0 Å². The first kappa shape index (κ1) is 26.2. The van der Waals surface area contributed by atoms with E-state index in [0.29, 0.717) is 24.6 Å². The Bertz CT molecular complexity index is 1140. The minimum Gasteiger partial charge on any atom is -0.481 e. The van der Waals surface area contributed by atoms with Crippen LogP contribution in [0.15, 0.2) is 63.4 Å². The maximum absolute atomic E-state index is 12.5. The van der Waals surface area contributed by atoms with Crippen LogP contribution in [0.25, 0.3) is 5.70 Å². The van der Waals surface area contributed by atoms with E-state index < -0.39 is 5.97 Å². The minimum absolute atomic E-state index is 0.0913. The molecule has 0 radical (unpaired) electrons. The molecule has 0 amide bonds. The van der Waals surface area contributed by atoms with Gasteiger partial charge in [-0.2, -0.15) is 0 Å². The molecule has 1 saturated carbocycles. The van der Waals surface area contributed by atoms with Gasteiger partial charge >= 0.3 is 5.97 Å². The van der Waals surface area contributed by atoms with Crippen molar-refractivity contribution in [1.82, 2.24) is 19.9 Å². The highest BCUT2D eigenvalue weighted by molar-refractivity contribution is 7.98. The molecule has 1 aliphatic carbocycles. The second-order valence-electron chi connectivity index (χ2n) is 8.45. The zero-order valence-electron chi connectivity index (χ0n) is 20.1. The number of allylic oxidation sites excluding steroid dienone is 3. The predicted molar refractivity (Wildman–Crippen MR) is 141 cm³/mol. The van der Waals surface area contributed by atoms with E-state index in [4.69, 9.17) is 5.11 Å². The molecule has 1 fully saturated rings. The molecule has 9 nitrogen and oxygen atoms in total. The number of thioether (sulfide) groups is 1. The van der Waals surface area contributed by atoms with Crippen LogP contribution in [-0.2, 0) is 11.2 Å². The van der Waals surface area contributed by atoms with E-state index in [1.54, 1.807) is 28.6 Å². The van der Waals surface area contributed by atoms with Gasteiger partial charge in [0.05, 0.1) is 0 Å². The number of aromatic nitrogens is 3. The van der Waals surface area contributed by atoms with E-state index in [0.717, 1.165) is 35.4 Å². The quantitative estimate of drug-likeness (QED) is 0.231. The Kier molecular flexibility index (Phi) is 9.66. The van der Waals surface area contributed by atoms with Crippen LogP contribution in [0.1, 0.15) is 44.6 Å². The van der Waals surface area contributed by atoms with E-state index in [1.807, 2.05) is 43.8 Å². The van der Waals surface area contributed by atoms with Crippen molar-refractivity contribution in [1.29, 1.82) is 0 Å². The lowest BCUT2D eigenvalue weighted by Crippen LogP contribution is -2.27. The highest BCUT2D eigenvalue weighted by Gasteiger charge is 2.25. The SMILES string of the molecule is C=N/C(=C\C=C(/C)n1ccc(CCCC(=O)O)cc1=O)N[C@H]1CC[C@H](Nc2ncc(SC)cn2)C1. The molecule has 3 rings (SSSR count). The fraction of sp³-hybridized carbons (Fsp3) is 0.400. The molecule has 35 heavy (non-hydrogen) atoms. The maximum atomic E-state index is 12.5. The highest BCUT2D eigenvalue weighted by atomic mass is 32.2.